The van der Waals surface area contributed by atoms with Crippen LogP contribution in [0.25, 0.3) is 5.69 Å². The van der Waals surface area contributed by atoms with Crippen molar-refractivity contribution >= 4 is 11.9 Å². The highest BCUT2D eigenvalue weighted by atomic mass is 16.5. The van der Waals surface area contributed by atoms with Gasteiger partial charge in [-0.15, -0.1) is 0 Å². The van der Waals surface area contributed by atoms with E-state index in [4.69, 9.17) is 8.85 Å². The zero-order chi connectivity index (χ0) is 17.5. The average molecular weight is 288 g/mol. The molecule has 6 heteroatoms. The molecule has 0 saturated heterocycles. The number of benzene rings is 1. The summed E-state index contributed by atoms with van der Waals surface area (Å²) in [5.41, 5.74) is 1.03. The maximum atomic E-state index is 12.7. The van der Waals surface area contributed by atoms with Gasteiger partial charge in [0.15, 0.2) is 5.69 Å². The van der Waals surface area contributed by atoms with E-state index in [9.17, 15) is 9.59 Å². The Morgan fingerprint density at radius 3 is 3.05 bits per heavy atom. The molecule has 1 amide bonds. The largest absolute Gasteiger partial charge is 0.461 e. The van der Waals surface area contributed by atoms with Crippen LogP contribution >= 0.6 is 0 Å². The van der Waals surface area contributed by atoms with Crippen molar-refractivity contribution in [1.82, 2.24) is 14.5 Å². The highest BCUT2D eigenvalue weighted by molar-refractivity contribution is 5.99. The molecule has 21 heavy (non-hydrogen) atoms. The van der Waals surface area contributed by atoms with E-state index >= 15 is 0 Å². The van der Waals surface area contributed by atoms with Crippen molar-refractivity contribution in [2.75, 3.05) is 13.6 Å². The van der Waals surface area contributed by atoms with Crippen LogP contribution < -0.4 is 0 Å². The summed E-state index contributed by atoms with van der Waals surface area (Å²) >= 11 is 0. The minimum absolute atomic E-state index is 0.00982. The van der Waals surface area contributed by atoms with Gasteiger partial charge < -0.3 is 9.64 Å². The molecule has 1 aliphatic rings. The van der Waals surface area contributed by atoms with Crippen LogP contribution in [0, 0.1) is 0 Å². The van der Waals surface area contributed by atoms with Gasteiger partial charge in [-0.1, -0.05) is 12.1 Å². The first kappa shape index (κ1) is 10.1. The fraction of sp³-hybridized carbons (Fsp3) is 0.267. The van der Waals surface area contributed by atoms with Crippen LogP contribution in [0.4, 0.5) is 0 Å². The quantitative estimate of drug-likeness (QED) is 0.788. The molecule has 108 valence electrons. The van der Waals surface area contributed by atoms with Crippen LogP contribution in [0.3, 0.4) is 0 Å². The molecule has 0 atom stereocenters. The maximum Gasteiger partial charge on any atom is 0.358 e. The van der Waals surface area contributed by atoms with E-state index in [1.807, 2.05) is 0 Å². The zero-order valence-electron chi connectivity index (χ0n) is 14.4. The van der Waals surface area contributed by atoms with Crippen LogP contribution in [0.1, 0.15) is 37.6 Å². The Kier molecular flexibility index (Phi) is 2.44. The van der Waals surface area contributed by atoms with Gasteiger partial charge in [-0.25, -0.2) is 9.78 Å². The standard InChI is InChI=1S/C15H15N3O3/c1-3-21-15(20)13-12-8-17(2)14(19)10-6-4-5-7-11(10)18(12)9-16-13/h4-7,9H,3,8H2,1-2H3/i2D3. The van der Waals surface area contributed by atoms with Gasteiger partial charge in [0.1, 0.15) is 6.33 Å². The number of esters is 1. The number of imidazole rings is 1. The van der Waals surface area contributed by atoms with Crippen LogP contribution in [0.2, 0.25) is 0 Å². The highest BCUT2D eigenvalue weighted by Gasteiger charge is 2.28. The van der Waals surface area contributed by atoms with Gasteiger partial charge >= 0.3 is 5.97 Å². The van der Waals surface area contributed by atoms with Crippen molar-refractivity contribution in [3.63, 3.8) is 0 Å². The van der Waals surface area contributed by atoms with E-state index in [1.54, 1.807) is 35.8 Å². The van der Waals surface area contributed by atoms with Gasteiger partial charge in [0.05, 0.1) is 30.1 Å². The van der Waals surface area contributed by atoms with Crippen molar-refractivity contribution in [1.29, 1.82) is 0 Å². The lowest BCUT2D eigenvalue weighted by atomic mass is 10.1. The molecule has 2 heterocycles. The summed E-state index contributed by atoms with van der Waals surface area (Å²) in [6, 6.07) is 6.61. The number of carbonyl (C=O) groups is 2. The van der Waals surface area contributed by atoms with Gasteiger partial charge in [0, 0.05) is 11.1 Å². The van der Waals surface area contributed by atoms with Crippen LogP contribution in [0.15, 0.2) is 30.6 Å². The average Bonchev–Trinajstić information content (AvgIpc) is 2.89. The van der Waals surface area contributed by atoms with E-state index in [0.717, 1.165) is 4.90 Å². The first-order valence-corrected chi connectivity index (χ1v) is 6.49. The fourth-order valence-corrected chi connectivity index (χ4v) is 2.33. The predicted octanol–water partition coefficient (Wildman–Crippen LogP) is 1.63. The Labute approximate surface area is 126 Å². The molecule has 1 aliphatic heterocycles. The third kappa shape index (κ3) is 2.08. The highest BCUT2D eigenvalue weighted by Crippen LogP contribution is 2.25. The molecule has 3 rings (SSSR count). The molecule has 0 spiro atoms. The van der Waals surface area contributed by atoms with Gasteiger partial charge in [0.25, 0.3) is 5.91 Å². The minimum Gasteiger partial charge on any atom is -0.461 e. The number of rotatable bonds is 2. The monoisotopic (exact) mass is 288 g/mol. The second-order valence-electron chi connectivity index (χ2n) is 4.54. The Morgan fingerprint density at radius 1 is 1.48 bits per heavy atom. The maximum absolute atomic E-state index is 12.7. The summed E-state index contributed by atoms with van der Waals surface area (Å²) in [6.07, 6.45) is 1.40. The lowest BCUT2D eigenvalue weighted by Gasteiger charge is -2.14. The van der Waals surface area contributed by atoms with E-state index in [-0.39, 0.29) is 24.4 Å². The lowest BCUT2D eigenvalue weighted by Crippen LogP contribution is -2.25. The molecule has 0 aliphatic carbocycles. The molecule has 0 bridgehead atoms. The summed E-state index contributed by atoms with van der Waals surface area (Å²) in [5.74, 6) is -1.27. The molecule has 1 aromatic carbocycles. The van der Waals surface area contributed by atoms with E-state index in [1.165, 1.54) is 6.33 Å². The van der Waals surface area contributed by atoms with Crippen molar-refractivity contribution < 1.29 is 18.4 Å². The summed E-state index contributed by atoms with van der Waals surface area (Å²) in [5, 5.41) is 0. The van der Waals surface area contributed by atoms with Crippen molar-refractivity contribution in [3.8, 4) is 5.69 Å². The first-order valence-electron chi connectivity index (χ1n) is 7.99. The first-order chi connectivity index (χ1) is 11.3. The van der Waals surface area contributed by atoms with Gasteiger partial charge in [0.2, 0.25) is 0 Å². The number of fused-ring (bicyclic) bond motifs is 3. The summed E-state index contributed by atoms with van der Waals surface area (Å²) in [7, 11) is 0. The molecule has 6 nitrogen and oxygen atoms in total. The summed E-state index contributed by atoms with van der Waals surface area (Å²) in [6.45, 7) is -1.07. The summed E-state index contributed by atoms with van der Waals surface area (Å²) in [4.78, 5) is 29.6. The number of aromatic nitrogens is 2. The zero-order valence-corrected chi connectivity index (χ0v) is 11.4. The molecule has 2 aromatic rings. The van der Waals surface area contributed by atoms with Gasteiger partial charge in [-0.3, -0.25) is 9.36 Å². The lowest BCUT2D eigenvalue weighted by molar-refractivity contribution is 0.0516. The smallest absolute Gasteiger partial charge is 0.358 e. The third-order valence-electron chi connectivity index (χ3n) is 3.28. The molecule has 0 radical (unpaired) electrons. The van der Waals surface area contributed by atoms with Gasteiger partial charge in [-0.05, 0) is 19.1 Å². The fourth-order valence-electron chi connectivity index (χ4n) is 2.33. The Balaban J connectivity index is 2.22. The van der Waals surface area contributed by atoms with Crippen molar-refractivity contribution in [3.05, 3.63) is 47.5 Å². The van der Waals surface area contributed by atoms with Crippen LogP contribution in [0.5, 0.6) is 0 Å². The van der Waals surface area contributed by atoms with Crippen LogP contribution in [-0.4, -0.2) is 39.9 Å². The number of hydrogen-bond donors (Lipinski definition) is 0. The van der Waals surface area contributed by atoms with Gasteiger partial charge in [-0.2, -0.15) is 0 Å². The number of amides is 1. The number of para-hydroxylation sites is 1. The summed E-state index contributed by atoms with van der Waals surface area (Å²) < 4.78 is 29.5. The van der Waals surface area contributed by atoms with E-state index in [2.05, 4.69) is 4.98 Å². The molecule has 0 N–H and O–H groups in total. The molecule has 0 unspecified atom stereocenters. The van der Waals surface area contributed by atoms with E-state index < -0.39 is 18.9 Å². The molecule has 0 fully saturated rings. The van der Waals surface area contributed by atoms with Crippen molar-refractivity contribution in [2.24, 2.45) is 0 Å². The molecule has 0 saturated carbocycles. The van der Waals surface area contributed by atoms with Crippen LogP contribution in [-0.2, 0) is 11.3 Å². The topological polar surface area (TPSA) is 64.4 Å². The van der Waals surface area contributed by atoms with E-state index in [0.29, 0.717) is 11.4 Å². The molecule has 1 aromatic heterocycles. The Bertz CT molecular complexity index is 814. The number of ether oxygens (including phenoxy) is 1. The minimum atomic E-state index is -2.64. The Hall–Kier alpha value is -2.63. The molecular weight excluding hydrogens is 270 g/mol. The number of carbonyl (C=O) groups excluding carboxylic acids is 2. The second-order valence-corrected chi connectivity index (χ2v) is 4.54. The molecular formula is C15H15N3O3. The number of nitrogens with zero attached hydrogens (tertiary/aromatic N) is 3. The normalized spacial score (nSPS) is 16.1. The predicted molar refractivity (Wildman–Crippen MR) is 75.3 cm³/mol. The number of hydrogen-bond acceptors (Lipinski definition) is 4. The second kappa shape index (κ2) is 5.05. The third-order valence-corrected chi connectivity index (χ3v) is 3.28. The SMILES string of the molecule is [2H]C([2H])([2H])N1Cc2c(C(=O)OCC)ncn2-c2ccccc2C1=O. The Morgan fingerprint density at radius 2 is 2.29 bits per heavy atom. The van der Waals surface area contributed by atoms with Crippen molar-refractivity contribution in [2.45, 2.75) is 13.5 Å².